The average Bonchev–Trinajstić information content (AvgIpc) is 3.64. The van der Waals surface area contributed by atoms with Gasteiger partial charge in [-0.2, -0.15) is 0 Å². The molecule has 0 bridgehead atoms. The third kappa shape index (κ3) is 7.08. The predicted octanol–water partition coefficient (Wildman–Crippen LogP) is 1.01. The van der Waals surface area contributed by atoms with Crippen LogP contribution in [0.4, 0.5) is 8.78 Å². The van der Waals surface area contributed by atoms with Gasteiger partial charge in [-0.15, -0.1) is 0 Å². The zero-order chi connectivity index (χ0) is 24.4. The molecule has 3 amide bonds. The van der Waals surface area contributed by atoms with E-state index in [4.69, 9.17) is 11.5 Å². The summed E-state index contributed by atoms with van der Waals surface area (Å²) >= 11 is 0. The lowest BCUT2D eigenvalue weighted by Gasteiger charge is -2.25. The van der Waals surface area contributed by atoms with Gasteiger partial charge in [-0.05, 0) is 50.9 Å². The van der Waals surface area contributed by atoms with E-state index in [1.54, 1.807) is 0 Å². The highest BCUT2D eigenvalue weighted by molar-refractivity contribution is 7.90. The van der Waals surface area contributed by atoms with Crippen LogP contribution < -0.4 is 16.2 Å². The van der Waals surface area contributed by atoms with Crippen LogP contribution in [0.1, 0.15) is 70.6 Å². The lowest BCUT2D eigenvalue weighted by Crippen LogP contribution is -2.50. The van der Waals surface area contributed by atoms with Crippen molar-refractivity contribution in [3.8, 4) is 0 Å². The quantitative estimate of drug-likeness (QED) is 0.326. The van der Waals surface area contributed by atoms with Crippen molar-refractivity contribution in [1.29, 1.82) is 0 Å². The third-order valence-electron chi connectivity index (χ3n) is 6.77. The van der Waals surface area contributed by atoms with Crippen molar-refractivity contribution in [2.45, 2.75) is 93.9 Å². The molecule has 0 aromatic heterocycles. The van der Waals surface area contributed by atoms with E-state index < -0.39 is 63.4 Å². The predicted molar refractivity (Wildman–Crippen MR) is 116 cm³/mol. The summed E-state index contributed by atoms with van der Waals surface area (Å²) in [5, 5.41) is -0.525. The second-order valence-corrected chi connectivity index (χ2v) is 11.6. The number of rotatable bonds is 13. The highest BCUT2D eigenvalue weighted by Gasteiger charge is 2.50. The molecule has 9 nitrogen and oxygen atoms in total. The van der Waals surface area contributed by atoms with E-state index in [1.165, 1.54) is 4.90 Å². The van der Waals surface area contributed by atoms with Crippen molar-refractivity contribution in [2.75, 3.05) is 6.54 Å². The smallest absolute Gasteiger partial charge is 0.248 e. The largest absolute Gasteiger partial charge is 0.368 e. The van der Waals surface area contributed by atoms with E-state index in [0.29, 0.717) is 51.5 Å². The van der Waals surface area contributed by atoms with E-state index in [1.807, 2.05) is 4.72 Å². The second-order valence-electron chi connectivity index (χ2n) is 9.67. The summed E-state index contributed by atoms with van der Waals surface area (Å²) in [6.45, 7) is 0.444. The maximum Gasteiger partial charge on any atom is 0.248 e. The van der Waals surface area contributed by atoms with E-state index in [0.717, 1.165) is 0 Å². The molecule has 3 aliphatic rings. The molecule has 5 N–H and O–H groups in total. The van der Waals surface area contributed by atoms with Gasteiger partial charge in [-0.25, -0.2) is 17.2 Å². The number of hydrogen-bond donors (Lipinski definition) is 3. The van der Waals surface area contributed by atoms with Gasteiger partial charge >= 0.3 is 0 Å². The molecule has 12 heteroatoms. The summed E-state index contributed by atoms with van der Waals surface area (Å²) in [5.41, 5.74) is 11.3. The van der Waals surface area contributed by atoms with Crippen LogP contribution in [0.2, 0.25) is 0 Å². The van der Waals surface area contributed by atoms with Crippen LogP contribution in [0.5, 0.6) is 0 Å². The first kappa shape index (κ1) is 25.8. The minimum Gasteiger partial charge on any atom is -0.368 e. The number of unbranched alkanes of at least 4 members (excludes halogenated alkanes) is 2. The topological polar surface area (TPSA) is 153 Å². The molecular weight excluding hydrogens is 458 g/mol. The number of nitrogens with one attached hydrogen (secondary N) is 1. The molecular formula is C21H34F2N4O5S. The lowest BCUT2D eigenvalue weighted by molar-refractivity contribution is -0.138. The fourth-order valence-electron chi connectivity index (χ4n) is 4.54. The Balaban J connectivity index is 1.30. The number of likely N-dealkylation sites (tertiary alicyclic amines) is 1. The Kier molecular flexibility index (Phi) is 7.98. The summed E-state index contributed by atoms with van der Waals surface area (Å²) in [7, 11) is -3.65. The van der Waals surface area contributed by atoms with Crippen LogP contribution in [-0.2, 0) is 24.4 Å². The zero-order valence-corrected chi connectivity index (χ0v) is 19.5. The van der Waals surface area contributed by atoms with Gasteiger partial charge in [0.05, 0.1) is 11.3 Å². The molecule has 0 aromatic carbocycles. The number of nitrogens with zero attached hydrogens (tertiary/aromatic N) is 1. The second kappa shape index (κ2) is 10.2. The molecule has 0 aromatic rings. The number of sulfonamides is 1. The molecule has 3 fully saturated rings. The maximum atomic E-state index is 14.3. The molecule has 3 rings (SSSR count). The number of hydrogen-bond acceptors (Lipinski definition) is 6. The highest BCUT2D eigenvalue weighted by atomic mass is 32.2. The molecule has 0 spiro atoms. The molecule has 33 heavy (non-hydrogen) atoms. The van der Waals surface area contributed by atoms with Gasteiger partial charge in [-0.3, -0.25) is 19.1 Å². The van der Waals surface area contributed by atoms with Gasteiger partial charge in [0.15, 0.2) is 0 Å². The van der Waals surface area contributed by atoms with Crippen LogP contribution >= 0.6 is 0 Å². The molecule has 1 aliphatic heterocycles. The number of alkyl halides is 2. The molecule has 3 unspecified atom stereocenters. The van der Waals surface area contributed by atoms with Crippen LogP contribution in [0.15, 0.2) is 0 Å². The summed E-state index contributed by atoms with van der Waals surface area (Å²) < 4.78 is 54.2. The first-order valence-corrected chi connectivity index (χ1v) is 13.2. The van der Waals surface area contributed by atoms with E-state index in [-0.39, 0.29) is 25.2 Å². The number of amides is 3. The Bertz CT molecular complexity index is 865. The lowest BCUT2D eigenvalue weighted by atomic mass is 10.0. The Labute approximate surface area is 193 Å². The SMILES string of the molecule is NC(=O)C1CCCN1C(=O)[C@@H](N)CCCCCC(F)(F)CC1CC1C(=O)NS(=O)(=O)C1CC1. The molecule has 2 aliphatic carbocycles. The highest BCUT2D eigenvalue weighted by Crippen LogP contribution is 2.47. The number of halogens is 2. The van der Waals surface area contributed by atoms with Gasteiger partial charge < -0.3 is 16.4 Å². The van der Waals surface area contributed by atoms with Gasteiger partial charge in [0.2, 0.25) is 33.7 Å². The summed E-state index contributed by atoms with van der Waals surface area (Å²) in [6.07, 6.45) is 3.36. The average molecular weight is 493 g/mol. The van der Waals surface area contributed by atoms with Crippen LogP contribution in [0, 0.1) is 11.8 Å². The van der Waals surface area contributed by atoms with Crippen molar-refractivity contribution < 1.29 is 31.6 Å². The normalized spacial score (nSPS) is 26.2. The molecule has 2 saturated carbocycles. The Morgan fingerprint density at radius 3 is 2.45 bits per heavy atom. The van der Waals surface area contributed by atoms with E-state index >= 15 is 0 Å². The zero-order valence-electron chi connectivity index (χ0n) is 18.7. The maximum absolute atomic E-state index is 14.3. The monoisotopic (exact) mass is 492 g/mol. The molecule has 4 atom stereocenters. The minimum atomic E-state index is -3.65. The first-order valence-electron chi connectivity index (χ1n) is 11.7. The van der Waals surface area contributed by atoms with Crippen molar-refractivity contribution >= 4 is 27.7 Å². The molecule has 188 valence electrons. The number of carbonyl (C=O) groups is 3. The van der Waals surface area contributed by atoms with Gasteiger partial charge in [0.25, 0.3) is 0 Å². The Hall–Kier alpha value is -1.82. The fourth-order valence-corrected chi connectivity index (χ4v) is 5.90. The first-order chi connectivity index (χ1) is 15.4. The minimum absolute atomic E-state index is 0.251. The summed E-state index contributed by atoms with van der Waals surface area (Å²) in [5.74, 6) is -5.64. The number of carbonyl (C=O) groups excluding carboxylic acids is 3. The van der Waals surface area contributed by atoms with E-state index in [9.17, 15) is 31.6 Å². The van der Waals surface area contributed by atoms with Gasteiger partial charge in [-0.1, -0.05) is 12.8 Å². The Morgan fingerprint density at radius 2 is 1.82 bits per heavy atom. The van der Waals surface area contributed by atoms with Crippen molar-refractivity contribution in [3.05, 3.63) is 0 Å². The summed E-state index contributed by atoms with van der Waals surface area (Å²) in [4.78, 5) is 37.3. The molecule has 1 saturated heterocycles. The third-order valence-corrected chi connectivity index (χ3v) is 8.60. The Morgan fingerprint density at radius 1 is 1.12 bits per heavy atom. The van der Waals surface area contributed by atoms with Crippen molar-refractivity contribution in [1.82, 2.24) is 9.62 Å². The van der Waals surface area contributed by atoms with Crippen LogP contribution in [-0.4, -0.2) is 60.8 Å². The van der Waals surface area contributed by atoms with Crippen molar-refractivity contribution in [2.24, 2.45) is 23.3 Å². The summed E-state index contributed by atoms with van der Waals surface area (Å²) in [6, 6.07) is -1.41. The molecule has 0 radical (unpaired) electrons. The standard InChI is InChI=1S/C21H34F2N4O5S/c22-21(23,12-13-11-15(13)19(29)26-33(31,32)14-7-8-14)9-3-1-2-5-16(24)20(30)27-10-4-6-17(27)18(25)28/h13-17H,1-12,24H2,(H2,25,28)(H,26,29)/t13?,15?,16-,17?/m0/s1. The fraction of sp³-hybridized carbons (Fsp3) is 0.857. The number of primary amides is 1. The van der Waals surface area contributed by atoms with Crippen LogP contribution in [0.3, 0.4) is 0 Å². The van der Waals surface area contributed by atoms with Crippen molar-refractivity contribution in [3.63, 3.8) is 0 Å². The van der Waals surface area contributed by atoms with E-state index in [2.05, 4.69) is 0 Å². The van der Waals surface area contributed by atoms with Gasteiger partial charge in [0.1, 0.15) is 6.04 Å². The van der Waals surface area contributed by atoms with Crippen LogP contribution in [0.25, 0.3) is 0 Å². The number of nitrogens with two attached hydrogens (primary N) is 2. The molecule has 1 heterocycles. The van der Waals surface area contributed by atoms with Gasteiger partial charge in [0, 0.05) is 25.3 Å².